The Morgan fingerprint density at radius 2 is 0.750 bits per heavy atom. The van der Waals surface area contributed by atoms with Gasteiger partial charge in [0.2, 0.25) is 0 Å². The summed E-state index contributed by atoms with van der Waals surface area (Å²) in [7, 11) is 0. The molecule has 4 atom stereocenters. The van der Waals surface area contributed by atoms with Crippen LogP contribution in [0, 0.1) is 0 Å². The molecule has 0 radical (unpaired) electrons. The zero-order valence-corrected chi connectivity index (χ0v) is 30.5. The molecule has 10 N–H and O–H groups in total. The van der Waals surface area contributed by atoms with Crippen LogP contribution in [-0.2, 0) is 9.59 Å². The fourth-order valence-electron chi connectivity index (χ4n) is 6.11. The molecule has 0 spiro atoms. The molecule has 48 heavy (non-hydrogen) atoms. The van der Waals surface area contributed by atoms with E-state index in [1.165, 1.54) is 89.9 Å². The second-order valence-electron chi connectivity index (χ2n) is 13.5. The third-order valence-corrected chi connectivity index (χ3v) is 9.47. The molecule has 286 valence electrons. The largest absolute Gasteiger partial charge is 0.480 e. The van der Waals surface area contributed by atoms with Crippen LogP contribution in [-0.4, -0.2) is 118 Å². The van der Waals surface area contributed by atoms with E-state index in [0.29, 0.717) is 13.1 Å². The number of rotatable bonds is 37. The van der Waals surface area contributed by atoms with Crippen LogP contribution in [0.25, 0.3) is 0 Å². The molecule has 0 bridgehead atoms. The fourth-order valence-corrected chi connectivity index (χ4v) is 6.11. The molecule has 0 saturated carbocycles. The fraction of sp³-hybridized carbons (Fsp3) is 0.944. The number of nitrogens with one attached hydrogen (secondary N) is 4. The molecule has 0 aliphatic heterocycles. The molecule has 0 amide bonds. The molecule has 0 saturated heterocycles. The predicted octanol–water partition coefficient (Wildman–Crippen LogP) is 3.54. The molecule has 0 aromatic rings. The highest BCUT2D eigenvalue weighted by molar-refractivity contribution is 5.81. The van der Waals surface area contributed by atoms with Crippen LogP contribution >= 0.6 is 0 Å². The third-order valence-electron chi connectivity index (χ3n) is 9.47. The van der Waals surface area contributed by atoms with E-state index in [2.05, 4.69) is 35.1 Å². The Morgan fingerprint density at radius 3 is 1.00 bits per heavy atom. The Hall–Kier alpha value is -1.38. The lowest BCUT2D eigenvalue weighted by Gasteiger charge is -2.37. The summed E-state index contributed by atoms with van der Waals surface area (Å²) < 4.78 is 0. The summed E-state index contributed by atoms with van der Waals surface area (Å²) in [6.45, 7) is 3.50. The first-order chi connectivity index (χ1) is 23.2. The molecule has 0 aliphatic carbocycles. The molecule has 0 aliphatic rings. The van der Waals surface area contributed by atoms with E-state index in [1.807, 2.05) is 0 Å². The molecule has 0 fully saturated rings. The zero-order valence-electron chi connectivity index (χ0n) is 30.5. The van der Waals surface area contributed by atoms with Crippen molar-refractivity contribution in [3.8, 4) is 0 Å². The number of aliphatic carboxylic acids is 2. The van der Waals surface area contributed by atoms with Crippen molar-refractivity contribution in [2.24, 2.45) is 0 Å². The average Bonchev–Trinajstić information content (AvgIpc) is 3.08. The number of hydrogen-bond acceptors (Lipinski definition) is 10. The highest BCUT2D eigenvalue weighted by Crippen LogP contribution is 2.15. The van der Waals surface area contributed by atoms with Gasteiger partial charge in [0.1, 0.15) is 12.2 Å². The molecule has 12 heteroatoms. The van der Waals surface area contributed by atoms with E-state index in [4.69, 9.17) is 0 Å². The number of aliphatic hydroxyl groups is 4. The smallest absolute Gasteiger partial charge is 0.328 e. The van der Waals surface area contributed by atoms with Crippen LogP contribution in [0.5, 0.6) is 0 Å². The Labute approximate surface area is 291 Å². The minimum atomic E-state index is -1.91. The first-order valence-corrected chi connectivity index (χ1v) is 19.1. The van der Waals surface area contributed by atoms with Gasteiger partial charge in [-0.05, 0) is 25.9 Å². The summed E-state index contributed by atoms with van der Waals surface area (Å²) in [6, 6.07) is 0. The number of unbranched alkanes of at least 4 members (excludes halogenated alkanes) is 18. The van der Waals surface area contributed by atoms with E-state index < -0.39 is 48.4 Å². The zero-order chi connectivity index (χ0) is 35.9. The molecule has 0 aromatic heterocycles. The van der Waals surface area contributed by atoms with Crippen molar-refractivity contribution in [2.75, 3.05) is 52.5 Å². The lowest BCUT2D eigenvalue weighted by Crippen LogP contribution is -2.69. The highest BCUT2D eigenvalue weighted by Gasteiger charge is 2.46. The average molecular weight is 691 g/mol. The molecule has 0 heterocycles. The van der Waals surface area contributed by atoms with Gasteiger partial charge in [-0.1, -0.05) is 129 Å². The summed E-state index contributed by atoms with van der Waals surface area (Å²) in [5.74, 6) is -2.70. The van der Waals surface area contributed by atoms with Crippen molar-refractivity contribution in [3.63, 3.8) is 0 Å². The molecular weight excluding hydrogens is 616 g/mol. The third kappa shape index (κ3) is 19.7. The quantitative estimate of drug-likeness (QED) is 0.0426. The number of hydrogen-bond donors (Lipinski definition) is 10. The van der Waals surface area contributed by atoms with E-state index in [9.17, 15) is 40.2 Å². The Kier molecular flexibility index (Phi) is 29.6. The first kappa shape index (κ1) is 46.6. The van der Waals surface area contributed by atoms with Crippen LogP contribution in [0.1, 0.15) is 142 Å². The van der Waals surface area contributed by atoms with Crippen LogP contribution < -0.4 is 21.3 Å². The van der Waals surface area contributed by atoms with Gasteiger partial charge < -0.3 is 41.3 Å². The van der Waals surface area contributed by atoms with Gasteiger partial charge in [-0.3, -0.25) is 20.2 Å². The van der Waals surface area contributed by atoms with Gasteiger partial charge in [0.25, 0.3) is 0 Å². The van der Waals surface area contributed by atoms with E-state index in [-0.39, 0.29) is 26.2 Å². The van der Waals surface area contributed by atoms with Crippen molar-refractivity contribution in [2.45, 2.75) is 166 Å². The number of carboxylic acids is 2. The van der Waals surface area contributed by atoms with Gasteiger partial charge in [-0.2, -0.15) is 0 Å². The lowest BCUT2D eigenvalue weighted by molar-refractivity contribution is -0.153. The molecule has 12 nitrogen and oxygen atoms in total. The molecule has 0 aromatic carbocycles. The number of aliphatic hydroxyl groups excluding tert-OH is 4. The summed E-state index contributed by atoms with van der Waals surface area (Å²) in [5.41, 5.74) is -3.83. The van der Waals surface area contributed by atoms with Crippen molar-refractivity contribution in [1.82, 2.24) is 21.3 Å². The van der Waals surface area contributed by atoms with Crippen molar-refractivity contribution >= 4 is 11.9 Å². The van der Waals surface area contributed by atoms with Crippen molar-refractivity contribution in [3.05, 3.63) is 0 Å². The van der Waals surface area contributed by atoms with E-state index in [0.717, 1.165) is 38.5 Å². The van der Waals surface area contributed by atoms with Crippen molar-refractivity contribution < 1.29 is 40.2 Å². The molecular formula is C36H74N4O8. The van der Waals surface area contributed by atoms with E-state index in [1.54, 1.807) is 0 Å². The summed E-state index contributed by atoms with van der Waals surface area (Å²) >= 11 is 0. The maximum absolute atomic E-state index is 12.4. The van der Waals surface area contributed by atoms with Crippen LogP contribution in [0.4, 0.5) is 0 Å². The Bertz CT molecular complexity index is 718. The first-order valence-electron chi connectivity index (χ1n) is 19.1. The number of carbonyl (C=O) groups is 2. The Balaban J connectivity index is 4.80. The SMILES string of the molecule is CCCCCCCCCCCCNCC(NCCNC(CNCCCCCCCCCCCC)(C(=O)O)C(O)CO)(C(=O)O)C(O)CO. The maximum atomic E-state index is 12.4. The van der Waals surface area contributed by atoms with Gasteiger partial charge in [0.15, 0.2) is 11.1 Å². The van der Waals surface area contributed by atoms with Crippen LogP contribution in [0.2, 0.25) is 0 Å². The molecule has 4 unspecified atom stereocenters. The maximum Gasteiger partial charge on any atom is 0.328 e. The van der Waals surface area contributed by atoms with Gasteiger partial charge >= 0.3 is 11.9 Å². The Morgan fingerprint density at radius 1 is 0.479 bits per heavy atom. The predicted molar refractivity (Wildman–Crippen MR) is 192 cm³/mol. The molecule has 0 rings (SSSR count). The van der Waals surface area contributed by atoms with Gasteiger partial charge in [-0.15, -0.1) is 0 Å². The number of carboxylic acid groups (broad SMARTS) is 2. The monoisotopic (exact) mass is 691 g/mol. The summed E-state index contributed by atoms with van der Waals surface area (Å²) in [5, 5.41) is 72.4. The summed E-state index contributed by atoms with van der Waals surface area (Å²) in [6.07, 6.45) is 20.3. The highest BCUT2D eigenvalue weighted by atomic mass is 16.4. The minimum Gasteiger partial charge on any atom is -0.480 e. The van der Waals surface area contributed by atoms with E-state index >= 15 is 0 Å². The second-order valence-corrected chi connectivity index (χ2v) is 13.5. The lowest BCUT2D eigenvalue weighted by atomic mass is 9.91. The van der Waals surface area contributed by atoms with Gasteiger partial charge in [0.05, 0.1) is 13.2 Å². The van der Waals surface area contributed by atoms with Crippen molar-refractivity contribution in [1.29, 1.82) is 0 Å². The van der Waals surface area contributed by atoms with Gasteiger partial charge in [-0.25, -0.2) is 0 Å². The standard InChI is InChI=1S/C36H74N4O8/c1-3-5-7-9-11-13-15-17-19-21-23-37-29-35(33(45)46,31(43)27-41)39-25-26-40-36(34(47)48,32(44)28-42)30-38-24-22-20-18-16-14-12-10-8-6-4-2/h31-32,37-44H,3-30H2,1-2H3,(H,45,46)(H,47,48). The second kappa shape index (κ2) is 30.4. The summed E-state index contributed by atoms with van der Waals surface area (Å²) in [4.78, 5) is 24.8. The topological polar surface area (TPSA) is 204 Å². The van der Waals surface area contributed by atoms with Crippen LogP contribution in [0.15, 0.2) is 0 Å². The van der Waals surface area contributed by atoms with Gasteiger partial charge in [0, 0.05) is 26.2 Å². The minimum absolute atomic E-state index is 0.0884. The van der Waals surface area contributed by atoms with Crippen LogP contribution in [0.3, 0.4) is 0 Å². The normalized spacial score (nSPS) is 15.5.